The molecule has 0 saturated heterocycles. The first kappa shape index (κ1) is 33.8. The fourth-order valence-corrected chi connectivity index (χ4v) is 9.03. The number of benzene rings is 2. The van der Waals surface area contributed by atoms with E-state index in [2.05, 4.69) is 95.3 Å². The van der Waals surface area contributed by atoms with E-state index in [0.717, 1.165) is 26.1 Å². The summed E-state index contributed by atoms with van der Waals surface area (Å²) in [5.41, 5.74) is 0.293. The molecule has 0 aliphatic rings. The van der Waals surface area contributed by atoms with E-state index >= 15 is 0 Å². The predicted molar refractivity (Wildman–Crippen MR) is 173 cm³/mol. The van der Waals surface area contributed by atoms with Crippen LogP contribution in [-0.4, -0.2) is 21.8 Å². The number of hydrogen-bond acceptors (Lipinski definition) is 2. The van der Waals surface area contributed by atoms with E-state index in [-0.39, 0.29) is 0 Å². The first-order valence-corrected chi connectivity index (χ1v) is 18.1. The molecule has 3 heteroatoms. The van der Waals surface area contributed by atoms with Gasteiger partial charge in [0, 0.05) is 13.2 Å². The van der Waals surface area contributed by atoms with Crippen molar-refractivity contribution in [3.63, 3.8) is 0 Å². The highest BCUT2D eigenvalue weighted by atomic mass is 28.4. The van der Waals surface area contributed by atoms with Gasteiger partial charge in [-0.15, -0.1) is 0 Å². The highest BCUT2D eigenvalue weighted by Crippen LogP contribution is 2.25. The first-order valence-electron chi connectivity index (χ1n) is 16.3. The molecule has 0 aliphatic carbocycles. The molecule has 0 aliphatic heterocycles. The van der Waals surface area contributed by atoms with Crippen molar-refractivity contribution in [3.8, 4) is 0 Å². The van der Waals surface area contributed by atoms with Gasteiger partial charge < -0.3 is 8.85 Å². The summed E-state index contributed by atoms with van der Waals surface area (Å²) in [6.45, 7) is 13.0. The molecule has 0 heterocycles. The van der Waals surface area contributed by atoms with E-state index in [9.17, 15) is 0 Å². The monoisotopic (exact) mass is 552 g/mol. The summed E-state index contributed by atoms with van der Waals surface area (Å²) < 4.78 is 13.9. The predicted octanol–water partition coefficient (Wildman–Crippen LogP) is 9.83. The van der Waals surface area contributed by atoms with Crippen LogP contribution in [0, 0.1) is 11.3 Å². The molecule has 39 heavy (non-hydrogen) atoms. The van der Waals surface area contributed by atoms with Crippen LogP contribution in [0.15, 0.2) is 60.7 Å². The second kappa shape index (κ2) is 19.6. The second-order valence-corrected chi connectivity index (χ2v) is 15.9. The van der Waals surface area contributed by atoms with Crippen LogP contribution in [-0.2, 0) is 8.85 Å². The molecule has 0 amide bonds. The summed E-state index contributed by atoms with van der Waals surface area (Å²) in [5, 5.41) is 2.43. The molecular weight excluding hydrogens is 492 g/mol. The molecule has 2 nitrogen and oxygen atoms in total. The quantitative estimate of drug-likeness (QED) is 0.107. The maximum atomic E-state index is 6.95. The topological polar surface area (TPSA) is 18.5 Å². The van der Waals surface area contributed by atoms with Crippen molar-refractivity contribution in [3.05, 3.63) is 60.7 Å². The summed E-state index contributed by atoms with van der Waals surface area (Å²) in [7, 11) is -2.79. The lowest BCUT2D eigenvalue weighted by molar-refractivity contribution is 0.148. The standard InChI is InChI=1S/C36H60O2Si/c1-6-7-8-9-10-11-12-13-14-15-16-17-18-25-30-37-39(34-26-21-19-22-27-34,35-28-23-20-24-29-35)38-32-33(2)31-36(3,4)5/h19-24,26-29,33H,6-18,25,30-32H2,1-5H3. The van der Waals surface area contributed by atoms with Gasteiger partial charge in [0.15, 0.2) is 0 Å². The van der Waals surface area contributed by atoms with Crippen molar-refractivity contribution < 1.29 is 8.85 Å². The Morgan fingerprint density at radius 1 is 0.590 bits per heavy atom. The van der Waals surface area contributed by atoms with Crippen LogP contribution < -0.4 is 10.4 Å². The summed E-state index contributed by atoms with van der Waals surface area (Å²) in [4.78, 5) is 0. The van der Waals surface area contributed by atoms with Crippen molar-refractivity contribution in [2.45, 2.75) is 131 Å². The third-order valence-electron chi connectivity index (χ3n) is 7.64. The molecular formula is C36H60O2Si. The minimum Gasteiger partial charge on any atom is -0.388 e. The van der Waals surface area contributed by atoms with Crippen LogP contribution in [0.4, 0.5) is 0 Å². The minimum atomic E-state index is -2.79. The van der Waals surface area contributed by atoms with Crippen LogP contribution in [0.5, 0.6) is 0 Å². The van der Waals surface area contributed by atoms with Gasteiger partial charge in [0.05, 0.1) is 0 Å². The number of unbranched alkanes of at least 4 members (excludes halogenated alkanes) is 13. The van der Waals surface area contributed by atoms with Crippen molar-refractivity contribution in [2.24, 2.45) is 11.3 Å². The maximum Gasteiger partial charge on any atom is 0.407 e. The largest absolute Gasteiger partial charge is 0.407 e. The molecule has 0 spiro atoms. The fraction of sp³-hybridized carbons (Fsp3) is 0.667. The summed E-state index contributed by atoms with van der Waals surface area (Å²) >= 11 is 0. The maximum absolute atomic E-state index is 6.95. The fourth-order valence-electron chi connectivity index (χ4n) is 5.73. The Labute approximate surface area is 243 Å². The van der Waals surface area contributed by atoms with E-state index in [1.165, 1.54) is 93.8 Å². The molecule has 1 unspecified atom stereocenters. The van der Waals surface area contributed by atoms with E-state index in [1.807, 2.05) is 0 Å². The van der Waals surface area contributed by atoms with Gasteiger partial charge in [-0.2, -0.15) is 0 Å². The van der Waals surface area contributed by atoms with E-state index < -0.39 is 8.56 Å². The number of hydrogen-bond donors (Lipinski definition) is 0. The van der Waals surface area contributed by atoms with Gasteiger partial charge in [-0.3, -0.25) is 0 Å². The van der Waals surface area contributed by atoms with E-state index in [0.29, 0.717) is 11.3 Å². The second-order valence-electron chi connectivity index (χ2n) is 13.0. The summed E-state index contributed by atoms with van der Waals surface area (Å²) in [5.74, 6) is 0.481. The van der Waals surface area contributed by atoms with Crippen LogP contribution in [0.2, 0.25) is 0 Å². The van der Waals surface area contributed by atoms with Crippen molar-refractivity contribution in [2.75, 3.05) is 13.2 Å². The van der Waals surface area contributed by atoms with Crippen molar-refractivity contribution >= 4 is 18.9 Å². The van der Waals surface area contributed by atoms with Crippen molar-refractivity contribution in [1.29, 1.82) is 0 Å². The molecule has 0 saturated carbocycles. The molecule has 2 rings (SSSR count). The molecule has 0 bridgehead atoms. The molecule has 0 N–H and O–H groups in total. The van der Waals surface area contributed by atoms with Crippen LogP contribution >= 0.6 is 0 Å². The lowest BCUT2D eigenvalue weighted by Crippen LogP contribution is -2.64. The molecule has 220 valence electrons. The zero-order chi connectivity index (χ0) is 28.2. The Bertz CT molecular complexity index is 791. The van der Waals surface area contributed by atoms with Gasteiger partial charge in [-0.25, -0.2) is 0 Å². The molecule has 1 atom stereocenters. The lowest BCUT2D eigenvalue weighted by Gasteiger charge is -2.33. The Hall–Kier alpha value is -1.42. The summed E-state index contributed by atoms with van der Waals surface area (Å²) in [6.07, 6.45) is 20.3. The highest BCUT2D eigenvalue weighted by molar-refractivity contribution is 6.92. The Balaban J connectivity index is 1.83. The molecule has 2 aromatic carbocycles. The van der Waals surface area contributed by atoms with Gasteiger partial charge in [0.2, 0.25) is 0 Å². The highest BCUT2D eigenvalue weighted by Gasteiger charge is 2.43. The SMILES string of the molecule is CCCCCCCCCCCCCCCCO[Si](OCC(C)CC(C)(C)C)(c1ccccc1)c1ccccc1. The average molecular weight is 553 g/mol. The summed E-state index contributed by atoms with van der Waals surface area (Å²) in [6, 6.07) is 21.5. The van der Waals surface area contributed by atoms with E-state index in [4.69, 9.17) is 8.85 Å². The Kier molecular flexibility index (Phi) is 17.0. The van der Waals surface area contributed by atoms with Crippen LogP contribution in [0.1, 0.15) is 131 Å². The lowest BCUT2D eigenvalue weighted by atomic mass is 9.86. The third kappa shape index (κ3) is 14.2. The van der Waals surface area contributed by atoms with Gasteiger partial charge in [-0.1, -0.05) is 179 Å². The third-order valence-corrected chi connectivity index (χ3v) is 11.0. The van der Waals surface area contributed by atoms with Crippen LogP contribution in [0.3, 0.4) is 0 Å². The zero-order valence-electron chi connectivity index (χ0n) is 26.2. The number of rotatable bonds is 22. The Morgan fingerprint density at radius 3 is 1.41 bits per heavy atom. The first-order chi connectivity index (χ1) is 18.9. The Morgan fingerprint density at radius 2 is 1.00 bits per heavy atom. The molecule has 0 fully saturated rings. The molecule has 2 aromatic rings. The van der Waals surface area contributed by atoms with Crippen LogP contribution in [0.25, 0.3) is 0 Å². The van der Waals surface area contributed by atoms with Gasteiger partial charge >= 0.3 is 8.56 Å². The zero-order valence-corrected chi connectivity index (χ0v) is 27.2. The normalized spacial score (nSPS) is 13.1. The van der Waals surface area contributed by atoms with Gasteiger partial charge in [0.1, 0.15) is 0 Å². The minimum absolute atomic E-state index is 0.293. The van der Waals surface area contributed by atoms with Gasteiger partial charge in [-0.05, 0) is 34.5 Å². The smallest absolute Gasteiger partial charge is 0.388 e. The van der Waals surface area contributed by atoms with Gasteiger partial charge in [0.25, 0.3) is 0 Å². The molecule has 0 aromatic heterocycles. The van der Waals surface area contributed by atoms with E-state index in [1.54, 1.807) is 0 Å². The van der Waals surface area contributed by atoms with Crippen molar-refractivity contribution in [1.82, 2.24) is 0 Å². The average Bonchev–Trinajstić information content (AvgIpc) is 2.92. The molecule has 0 radical (unpaired) electrons.